The zero-order valence-corrected chi connectivity index (χ0v) is 11.2. The van der Waals surface area contributed by atoms with Crippen molar-refractivity contribution in [1.29, 1.82) is 0 Å². The fourth-order valence-electron chi connectivity index (χ4n) is 1.56. The molecule has 0 fully saturated rings. The van der Waals surface area contributed by atoms with Gasteiger partial charge in [-0.15, -0.1) is 11.6 Å². The molecule has 0 nitrogen and oxygen atoms in total. The molecule has 0 saturated heterocycles. The lowest BCUT2D eigenvalue weighted by atomic mass is 9.96. The van der Waals surface area contributed by atoms with Gasteiger partial charge in [-0.25, -0.2) is 0 Å². The zero-order valence-electron chi connectivity index (χ0n) is 8.93. The molecule has 0 radical (unpaired) electrons. The fraction of sp³-hybridized carbons (Fsp3) is 0.500. The lowest BCUT2D eigenvalue weighted by Gasteiger charge is -2.17. The van der Waals surface area contributed by atoms with Crippen molar-refractivity contribution in [3.05, 3.63) is 33.8 Å². The predicted molar refractivity (Wildman–Crippen MR) is 69.3 cm³/mol. The van der Waals surface area contributed by atoms with Crippen molar-refractivity contribution in [2.75, 3.05) is 0 Å². The van der Waals surface area contributed by atoms with E-state index in [1.807, 2.05) is 12.1 Å². The molecule has 0 aliphatic rings. The van der Waals surface area contributed by atoms with Crippen LogP contribution in [0.5, 0.6) is 0 Å². The maximum atomic E-state index is 6.18. The van der Waals surface area contributed by atoms with Crippen LogP contribution >= 0.6 is 34.8 Å². The minimum absolute atomic E-state index is 0.205. The molecule has 3 heteroatoms. The molecule has 0 saturated carbocycles. The van der Waals surface area contributed by atoms with E-state index in [2.05, 4.69) is 13.8 Å². The molecule has 0 spiro atoms. The molecule has 0 N–H and O–H groups in total. The molecule has 0 heterocycles. The smallest absolute Gasteiger partial charge is 0.0452 e. The molecular weight excluding hydrogens is 250 g/mol. The van der Waals surface area contributed by atoms with Crippen LogP contribution in [-0.4, -0.2) is 5.38 Å². The highest BCUT2D eigenvalue weighted by molar-refractivity contribution is 6.35. The van der Waals surface area contributed by atoms with Crippen molar-refractivity contribution < 1.29 is 0 Å². The molecular formula is C12H15Cl3. The van der Waals surface area contributed by atoms with E-state index in [4.69, 9.17) is 34.8 Å². The second kappa shape index (κ2) is 5.98. The van der Waals surface area contributed by atoms with Crippen molar-refractivity contribution in [2.24, 2.45) is 5.92 Å². The third-order valence-electron chi connectivity index (χ3n) is 2.56. The van der Waals surface area contributed by atoms with Gasteiger partial charge in [-0.1, -0.05) is 43.1 Å². The molecule has 1 aromatic carbocycles. The van der Waals surface area contributed by atoms with Gasteiger partial charge < -0.3 is 0 Å². The van der Waals surface area contributed by atoms with E-state index in [0.29, 0.717) is 10.9 Å². The fourth-order valence-corrected chi connectivity index (χ4v) is 2.14. The van der Waals surface area contributed by atoms with Crippen LogP contribution < -0.4 is 0 Å². The molecule has 2 atom stereocenters. The number of halogens is 3. The van der Waals surface area contributed by atoms with Crippen LogP contribution in [0, 0.1) is 5.92 Å². The minimum atomic E-state index is 0.205. The molecule has 15 heavy (non-hydrogen) atoms. The van der Waals surface area contributed by atoms with Gasteiger partial charge in [-0.3, -0.25) is 0 Å². The average molecular weight is 266 g/mol. The van der Waals surface area contributed by atoms with E-state index in [-0.39, 0.29) is 5.38 Å². The first-order valence-electron chi connectivity index (χ1n) is 5.12. The highest BCUT2D eigenvalue weighted by atomic mass is 35.5. The molecule has 0 aromatic heterocycles. The summed E-state index contributed by atoms with van der Waals surface area (Å²) in [5.74, 6) is 0.426. The molecule has 84 valence electrons. The Balaban J connectivity index is 2.72. The first kappa shape index (κ1) is 13.2. The van der Waals surface area contributed by atoms with Gasteiger partial charge in [-0.2, -0.15) is 0 Å². The van der Waals surface area contributed by atoms with Crippen LogP contribution in [0.15, 0.2) is 18.2 Å². The lowest BCUT2D eigenvalue weighted by molar-refractivity contribution is 0.531. The second-order valence-corrected chi connectivity index (χ2v) is 5.25. The Morgan fingerprint density at radius 2 is 1.93 bits per heavy atom. The van der Waals surface area contributed by atoms with Crippen LogP contribution in [-0.2, 0) is 6.42 Å². The second-order valence-electron chi connectivity index (χ2n) is 3.84. The van der Waals surface area contributed by atoms with Crippen molar-refractivity contribution in [2.45, 2.75) is 32.1 Å². The van der Waals surface area contributed by atoms with Gasteiger partial charge in [0.25, 0.3) is 0 Å². The van der Waals surface area contributed by atoms with Gasteiger partial charge in [0.2, 0.25) is 0 Å². The summed E-state index contributed by atoms with van der Waals surface area (Å²) in [5.41, 5.74) is 1.12. The standard InChI is InChI=1S/C12H15Cl3/c1-3-11(14)8(2)6-9-4-5-10(13)7-12(9)15/h4-5,7-8,11H,3,6H2,1-2H3. The summed E-state index contributed by atoms with van der Waals surface area (Å²) in [7, 11) is 0. The minimum Gasteiger partial charge on any atom is -0.123 e. The Labute approximate surface area is 107 Å². The molecule has 1 aromatic rings. The quantitative estimate of drug-likeness (QED) is 0.657. The van der Waals surface area contributed by atoms with Crippen LogP contribution in [0.3, 0.4) is 0 Å². The molecule has 0 amide bonds. The van der Waals surface area contributed by atoms with Gasteiger partial charge in [0, 0.05) is 15.4 Å². The van der Waals surface area contributed by atoms with Crippen LogP contribution in [0.4, 0.5) is 0 Å². The zero-order chi connectivity index (χ0) is 11.4. The van der Waals surface area contributed by atoms with Crippen LogP contribution in [0.2, 0.25) is 10.0 Å². The van der Waals surface area contributed by atoms with E-state index in [1.165, 1.54) is 0 Å². The van der Waals surface area contributed by atoms with Crippen molar-refractivity contribution >= 4 is 34.8 Å². The van der Waals surface area contributed by atoms with Gasteiger partial charge in [-0.05, 0) is 36.5 Å². The van der Waals surface area contributed by atoms with E-state index in [9.17, 15) is 0 Å². The largest absolute Gasteiger partial charge is 0.123 e. The maximum absolute atomic E-state index is 6.18. The van der Waals surface area contributed by atoms with Gasteiger partial charge in [0.1, 0.15) is 0 Å². The number of hydrogen-bond donors (Lipinski definition) is 0. The predicted octanol–water partition coefficient (Wildman–Crippen LogP) is 5.19. The Kier molecular flexibility index (Phi) is 5.25. The number of alkyl halides is 1. The highest BCUT2D eigenvalue weighted by Gasteiger charge is 2.14. The van der Waals surface area contributed by atoms with Gasteiger partial charge >= 0.3 is 0 Å². The van der Waals surface area contributed by atoms with Crippen molar-refractivity contribution in [1.82, 2.24) is 0 Å². The van der Waals surface area contributed by atoms with Crippen LogP contribution in [0.25, 0.3) is 0 Å². The summed E-state index contributed by atoms with van der Waals surface area (Å²) in [5, 5.41) is 1.61. The monoisotopic (exact) mass is 264 g/mol. The summed E-state index contributed by atoms with van der Waals surface area (Å²) >= 11 is 18.1. The first-order chi connectivity index (χ1) is 7.04. The number of rotatable bonds is 4. The van der Waals surface area contributed by atoms with Gasteiger partial charge in [0.15, 0.2) is 0 Å². The Morgan fingerprint density at radius 1 is 1.27 bits per heavy atom. The number of benzene rings is 1. The van der Waals surface area contributed by atoms with Crippen molar-refractivity contribution in [3.8, 4) is 0 Å². The van der Waals surface area contributed by atoms with E-state index in [0.717, 1.165) is 23.4 Å². The SMILES string of the molecule is CCC(Cl)C(C)Cc1ccc(Cl)cc1Cl. The van der Waals surface area contributed by atoms with Gasteiger partial charge in [0.05, 0.1) is 0 Å². The third-order valence-corrected chi connectivity index (χ3v) is 3.89. The summed E-state index contributed by atoms with van der Waals surface area (Å²) in [6.45, 7) is 4.24. The summed E-state index contributed by atoms with van der Waals surface area (Å²) in [4.78, 5) is 0. The van der Waals surface area contributed by atoms with Crippen molar-refractivity contribution in [3.63, 3.8) is 0 Å². The number of hydrogen-bond acceptors (Lipinski definition) is 0. The summed E-state index contributed by atoms with van der Waals surface area (Å²) < 4.78 is 0. The molecule has 2 unspecified atom stereocenters. The average Bonchev–Trinajstić information content (AvgIpc) is 2.20. The Bertz CT molecular complexity index is 323. The molecule has 1 rings (SSSR count). The highest BCUT2D eigenvalue weighted by Crippen LogP contribution is 2.26. The summed E-state index contributed by atoms with van der Waals surface area (Å²) in [6.07, 6.45) is 1.88. The molecule has 0 aliphatic heterocycles. The maximum Gasteiger partial charge on any atom is 0.0452 e. The Morgan fingerprint density at radius 3 is 2.47 bits per heavy atom. The van der Waals surface area contributed by atoms with E-state index < -0.39 is 0 Å². The topological polar surface area (TPSA) is 0 Å². The van der Waals surface area contributed by atoms with E-state index >= 15 is 0 Å². The third kappa shape index (κ3) is 3.86. The molecule has 0 aliphatic carbocycles. The Hall–Kier alpha value is 0.0900. The normalized spacial score (nSPS) is 15.0. The molecule has 0 bridgehead atoms. The lowest BCUT2D eigenvalue weighted by Crippen LogP contribution is -2.13. The van der Waals surface area contributed by atoms with E-state index in [1.54, 1.807) is 6.07 Å². The van der Waals surface area contributed by atoms with Crippen LogP contribution in [0.1, 0.15) is 25.8 Å². The summed E-state index contributed by atoms with van der Waals surface area (Å²) in [6, 6.07) is 5.62. The first-order valence-corrected chi connectivity index (χ1v) is 6.31.